The van der Waals surface area contributed by atoms with Crippen LogP contribution >= 0.6 is 12.4 Å². The Labute approximate surface area is 143 Å². The molecule has 128 valence electrons. The molecule has 1 amide bonds. The van der Waals surface area contributed by atoms with Crippen molar-refractivity contribution in [1.82, 2.24) is 15.1 Å². The van der Waals surface area contributed by atoms with Gasteiger partial charge in [-0.2, -0.15) is 0 Å². The molecular formula is C17H25ClFN3O. The van der Waals surface area contributed by atoms with E-state index in [2.05, 4.69) is 10.2 Å². The number of halogens is 2. The standard InChI is InChI=1S/C17H24FN3O.ClH/c18-16-5-1-3-14(9-16)12-21-8-7-20(13-17(21)22)11-15-4-2-6-19-10-15;/h1,3,5,9,15,19H,2,4,6-8,10-13H2;1H. The summed E-state index contributed by atoms with van der Waals surface area (Å²) < 4.78 is 13.2. The van der Waals surface area contributed by atoms with Crippen molar-refractivity contribution in [3.63, 3.8) is 0 Å². The summed E-state index contributed by atoms with van der Waals surface area (Å²) in [5.74, 6) is 0.573. The van der Waals surface area contributed by atoms with Gasteiger partial charge in [0.2, 0.25) is 5.91 Å². The van der Waals surface area contributed by atoms with Gasteiger partial charge in [-0.15, -0.1) is 12.4 Å². The third-order valence-electron chi connectivity index (χ3n) is 4.58. The average molecular weight is 342 g/mol. The van der Waals surface area contributed by atoms with Crippen molar-refractivity contribution in [3.8, 4) is 0 Å². The first-order valence-electron chi connectivity index (χ1n) is 8.16. The summed E-state index contributed by atoms with van der Waals surface area (Å²) in [5.41, 5.74) is 0.860. The Hall–Kier alpha value is -1.17. The van der Waals surface area contributed by atoms with Gasteiger partial charge >= 0.3 is 0 Å². The fraction of sp³-hybridized carbons (Fsp3) is 0.588. The van der Waals surface area contributed by atoms with Crippen LogP contribution in [0.1, 0.15) is 18.4 Å². The first-order valence-corrected chi connectivity index (χ1v) is 8.16. The molecule has 2 heterocycles. The van der Waals surface area contributed by atoms with Gasteiger partial charge in [0, 0.05) is 26.2 Å². The first kappa shape index (κ1) is 18.2. The zero-order valence-electron chi connectivity index (χ0n) is 13.3. The third kappa shape index (κ3) is 5.16. The SMILES string of the molecule is Cl.O=C1CN(CC2CCCNC2)CCN1Cc1cccc(F)c1. The second-order valence-electron chi connectivity index (χ2n) is 6.39. The number of piperidine rings is 1. The van der Waals surface area contributed by atoms with Crippen LogP contribution in [0.2, 0.25) is 0 Å². The van der Waals surface area contributed by atoms with Crippen LogP contribution in [-0.2, 0) is 11.3 Å². The Morgan fingerprint density at radius 3 is 2.87 bits per heavy atom. The molecule has 1 aromatic rings. The normalized spacial score (nSPS) is 22.7. The molecule has 4 nitrogen and oxygen atoms in total. The van der Waals surface area contributed by atoms with Gasteiger partial charge in [0.05, 0.1) is 6.54 Å². The molecule has 1 atom stereocenters. The maximum Gasteiger partial charge on any atom is 0.237 e. The number of hydrogen-bond donors (Lipinski definition) is 1. The number of carbonyl (C=O) groups is 1. The van der Waals surface area contributed by atoms with Gasteiger partial charge in [0.15, 0.2) is 0 Å². The van der Waals surface area contributed by atoms with Gasteiger partial charge in [-0.3, -0.25) is 9.69 Å². The summed E-state index contributed by atoms with van der Waals surface area (Å²) in [4.78, 5) is 16.4. The average Bonchev–Trinajstić information content (AvgIpc) is 2.51. The zero-order chi connectivity index (χ0) is 15.4. The maximum absolute atomic E-state index is 13.2. The van der Waals surface area contributed by atoms with Gasteiger partial charge in [-0.1, -0.05) is 12.1 Å². The van der Waals surface area contributed by atoms with E-state index < -0.39 is 0 Å². The Balaban J connectivity index is 0.00000192. The van der Waals surface area contributed by atoms with Gasteiger partial charge in [0.1, 0.15) is 5.82 Å². The highest BCUT2D eigenvalue weighted by molar-refractivity contribution is 5.85. The van der Waals surface area contributed by atoms with Crippen molar-refractivity contribution < 1.29 is 9.18 Å². The zero-order valence-corrected chi connectivity index (χ0v) is 14.2. The number of amides is 1. The van der Waals surface area contributed by atoms with Crippen LogP contribution in [0.3, 0.4) is 0 Å². The van der Waals surface area contributed by atoms with Gasteiger partial charge in [-0.05, 0) is 49.5 Å². The Bertz CT molecular complexity index is 522. The van der Waals surface area contributed by atoms with E-state index in [-0.39, 0.29) is 24.1 Å². The number of rotatable bonds is 4. The van der Waals surface area contributed by atoms with Gasteiger partial charge < -0.3 is 10.2 Å². The molecule has 2 aliphatic rings. The van der Waals surface area contributed by atoms with Crippen molar-refractivity contribution in [3.05, 3.63) is 35.6 Å². The summed E-state index contributed by atoms with van der Waals surface area (Å²) >= 11 is 0. The van der Waals surface area contributed by atoms with Crippen molar-refractivity contribution in [2.24, 2.45) is 5.92 Å². The van der Waals surface area contributed by atoms with Crippen LogP contribution in [-0.4, -0.2) is 55.0 Å². The molecule has 1 N–H and O–H groups in total. The molecule has 6 heteroatoms. The molecule has 1 unspecified atom stereocenters. The predicted octanol–water partition coefficient (Wildman–Crippen LogP) is 1.89. The molecule has 3 rings (SSSR count). The van der Waals surface area contributed by atoms with Gasteiger partial charge in [-0.25, -0.2) is 4.39 Å². The number of benzene rings is 1. The summed E-state index contributed by atoms with van der Waals surface area (Å²) in [6.07, 6.45) is 2.49. The van der Waals surface area contributed by atoms with Crippen molar-refractivity contribution in [2.45, 2.75) is 19.4 Å². The lowest BCUT2D eigenvalue weighted by Crippen LogP contribution is -2.51. The molecule has 2 saturated heterocycles. The van der Waals surface area contributed by atoms with Crippen LogP contribution in [0.25, 0.3) is 0 Å². The van der Waals surface area contributed by atoms with Crippen LogP contribution in [0, 0.1) is 11.7 Å². The fourth-order valence-corrected chi connectivity index (χ4v) is 3.38. The lowest BCUT2D eigenvalue weighted by molar-refractivity contribution is -0.137. The highest BCUT2D eigenvalue weighted by atomic mass is 35.5. The van der Waals surface area contributed by atoms with E-state index in [0.29, 0.717) is 19.0 Å². The summed E-state index contributed by atoms with van der Waals surface area (Å²) in [5, 5.41) is 3.42. The van der Waals surface area contributed by atoms with Crippen molar-refractivity contribution >= 4 is 18.3 Å². The molecule has 1 aromatic carbocycles. The molecular weight excluding hydrogens is 317 g/mol. The highest BCUT2D eigenvalue weighted by Gasteiger charge is 2.26. The molecule has 0 radical (unpaired) electrons. The van der Waals surface area contributed by atoms with Crippen LogP contribution in [0.4, 0.5) is 4.39 Å². The second kappa shape index (κ2) is 8.62. The number of piperazine rings is 1. The molecule has 0 aliphatic carbocycles. The second-order valence-corrected chi connectivity index (χ2v) is 6.39. The van der Waals surface area contributed by atoms with E-state index in [0.717, 1.165) is 38.3 Å². The highest BCUT2D eigenvalue weighted by Crippen LogP contribution is 2.15. The fourth-order valence-electron chi connectivity index (χ4n) is 3.38. The molecule has 23 heavy (non-hydrogen) atoms. The quantitative estimate of drug-likeness (QED) is 0.908. The smallest absolute Gasteiger partial charge is 0.237 e. The summed E-state index contributed by atoms with van der Waals surface area (Å²) in [7, 11) is 0. The first-order chi connectivity index (χ1) is 10.7. The van der Waals surface area contributed by atoms with E-state index in [1.54, 1.807) is 6.07 Å². The predicted molar refractivity (Wildman–Crippen MR) is 91.1 cm³/mol. The Kier molecular flexibility index (Phi) is 6.81. The van der Waals surface area contributed by atoms with E-state index in [9.17, 15) is 9.18 Å². The van der Waals surface area contributed by atoms with Crippen LogP contribution < -0.4 is 5.32 Å². The molecule has 0 saturated carbocycles. The number of hydrogen-bond acceptors (Lipinski definition) is 3. The van der Waals surface area contributed by atoms with E-state index in [1.807, 2.05) is 11.0 Å². The van der Waals surface area contributed by atoms with Crippen LogP contribution in [0.5, 0.6) is 0 Å². The minimum Gasteiger partial charge on any atom is -0.336 e. The van der Waals surface area contributed by atoms with Crippen molar-refractivity contribution in [1.29, 1.82) is 0 Å². The summed E-state index contributed by atoms with van der Waals surface area (Å²) in [6.45, 7) is 5.84. The third-order valence-corrected chi connectivity index (χ3v) is 4.58. The molecule has 2 fully saturated rings. The molecule has 0 aromatic heterocycles. The topological polar surface area (TPSA) is 35.6 Å². The van der Waals surface area contributed by atoms with Crippen molar-refractivity contribution in [2.75, 3.05) is 39.3 Å². The molecule has 0 spiro atoms. The monoisotopic (exact) mass is 341 g/mol. The van der Waals surface area contributed by atoms with E-state index >= 15 is 0 Å². The molecule has 2 aliphatic heterocycles. The van der Waals surface area contributed by atoms with Gasteiger partial charge in [0.25, 0.3) is 0 Å². The number of carbonyl (C=O) groups excluding carboxylic acids is 1. The Morgan fingerprint density at radius 2 is 2.17 bits per heavy atom. The van der Waals surface area contributed by atoms with E-state index in [4.69, 9.17) is 0 Å². The molecule has 0 bridgehead atoms. The number of nitrogens with zero attached hydrogens (tertiary/aromatic N) is 2. The summed E-state index contributed by atoms with van der Waals surface area (Å²) in [6, 6.07) is 6.51. The van der Waals surface area contributed by atoms with Crippen LogP contribution in [0.15, 0.2) is 24.3 Å². The number of nitrogens with one attached hydrogen (secondary N) is 1. The maximum atomic E-state index is 13.2. The minimum absolute atomic E-state index is 0. The largest absolute Gasteiger partial charge is 0.336 e. The minimum atomic E-state index is -0.242. The van der Waals surface area contributed by atoms with E-state index in [1.165, 1.54) is 25.0 Å². The lowest BCUT2D eigenvalue weighted by atomic mass is 9.99. The Morgan fingerprint density at radius 1 is 1.30 bits per heavy atom. The lowest BCUT2D eigenvalue weighted by Gasteiger charge is -2.37.